The molecule has 1 heterocycles. The summed E-state index contributed by atoms with van der Waals surface area (Å²) in [6.45, 7) is 6.38. The molecule has 0 bridgehead atoms. The number of carbonyl (C=O) groups is 1. The smallest absolute Gasteiger partial charge is 0.270 e. The number of rotatable bonds is 7. The number of benzene rings is 2. The molecular formula is C23H26N4O2. The van der Waals surface area contributed by atoms with Gasteiger partial charge in [0.25, 0.3) is 5.91 Å². The average molecular weight is 390 g/mol. The zero-order chi connectivity index (χ0) is 20.8. The summed E-state index contributed by atoms with van der Waals surface area (Å²) in [7, 11) is 1.64. The summed E-state index contributed by atoms with van der Waals surface area (Å²) < 4.78 is 5.23. The third-order valence-electron chi connectivity index (χ3n) is 4.40. The number of anilines is 2. The van der Waals surface area contributed by atoms with Crippen molar-refractivity contribution in [2.24, 2.45) is 0 Å². The standard InChI is InChI=1S/C23H26N4O2/c1-15-10-16(2)12-19(11-15)27-22-14-21(25-17(3)26-22)23(28)24-9-8-18-6-5-7-20(13-18)29-4/h5-7,10-14H,8-9H2,1-4H3,(H,24,28)(H,25,26,27). The minimum atomic E-state index is -0.220. The number of hydrogen-bond acceptors (Lipinski definition) is 5. The van der Waals surface area contributed by atoms with Crippen LogP contribution in [-0.2, 0) is 6.42 Å². The summed E-state index contributed by atoms with van der Waals surface area (Å²) in [6, 6.07) is 15.7. The van der Waals surface area contributed by atoms with Crippen LogP contribution in [0.25, 0.3) is 0 Å². The highest BCUT2D eigenvalue weighted by Crippen LogP contribution is 2.19. The van der Waals surface area contributed by atoms with E-state index in [2.05, 4.69) is 26.7 Å². The molecule has 0 aliphatic carbocycles. The van der Waals surface area contributed by atoms with E-state index in [0.29, 0.717) is 30.3 Å². The molecule has 6 nitrogen and oxygen atoms in total. The lowest BCUT2D eigenvalue weighted by atomic mass is 10.1. The molecular weight excluding hydrogens is 364 g/mol. The third-order valence-corrected chi connectivity index (χ3v) is 4.40. The molecule has 0 saturated heterocycles. The Morgan fingerprint density at radius 3 is 2.48 bits per heavy atom. The number of amides is 1. The molecule has 3 rings (SSSR count). The SMILES string of the molecule is COc1cccc(CCNC(=O)c2cc(Nc3cc(C)cc(C)c3)nc(C)n2)c1. The summed E-state index contributed by atoms with van der Waals surface area (Å²) in [5.74, 6) is 1.72. The maximum absolute atomic E-state index is 12.6. The van der Waals surface area contributed by atoms with Gasteiger partial charge in [-0.05, 0) is 68.1 Å². The van der Waals surface area contributed by atoms with Gasteiger partial charge in [-0.3, -0.25) is 4.79 Å². The molecule has 1 aromatic heterocycles. The van der Waals surface area contributed by atoms with Gasteiger partial charge in [0.15, 0.2) is 0 Å². The minimum absolute atomic E-state index is 0.220. The van der Waals surface area contributed by atoms with Crippen molar-refractivity contribution in [1.82, 2.24) is 15.3 Å². The summed E-state index contributed by atoms with van der Waals surface area (Å²) >= 11 is 0. The van der Waals surface area contributed by atoms with Gasteiger partial charge < -0.3 is 15.4 Å². The van der Waals surface area contributed by atoms with Crippen LogP contribution in [0.2, 0.25) is 0 Å². The zero-order valence-corrected chi connectivity index (χ0v) is 17.2. The third kappa shape index (κ3) is 5.78. The second-order valence-corrected chi connectivity index (χ2v) is 7.04. The van der Waals surface area contributed by atoms with Gasteiger partial charge in [0.1, 0.15) is 23.1 Å². The predicted molar refractivity (Wildman–Crippen MR) is 115 cm³/mol. The van der Waals surface area contributed by atoms with Gasteiger partial charge in [-0.2, -0.15) is 0 Å². The normalized spacial score (nSPS) is 10.5. The maximum Gasteiger partial charge on any atom is 0.270 e. The largest absolute Gasteiger partial charge is 0.497 e. The van der Waals surface area contributed by atoms with Crippen molar-refractivity contribution in [2.45, 2.75) is 27.2 Å². The van der Waals surface area contributed by atoms with E-state index in [-0.39, 0.29) is 5.91 Å². The van der Waals surface area contributed by atoms with Crippen molar-refractivity contribution in [3.8, 4) is 5.75 Å². The number of nitrogens with one attached hydrogen (secondary N) is 2. The fourth-order valence-corrected chi connectivity index (χ4v) is 3.18. The highest BCUT2D eigenvalue weighted by Gasteiger charge is 2.11. The van der Waals surface area contributed by atoms with Crippen LogP contribution in [0.5, 0.6) is 5.75 Å². The van der Waals surface area contributed by atoms with Crippen molar-refractivity contribution in [1.29, 1.82) is 0 Å². The Kier molecular flexibility index (Phi) is 6.44. The first-order valence-corrected chi connectivity index (χ1v) is 9.55. The fraction of sp³-hybridized carbons (Fsp3) is 0.261. The van der Waals surface area contributed by atoms with Crippen LogP contribution < -0.4 is 15.4 Å². The van der Waals surface area contributed by atoms with Crippen LogP contribution in [0.1, 0.15) is 33.0 Å². The van der Waals surface area contributed by atoms with Crippen molar-refractivity contribution in [2.75, 3.05) is 19.0 Å². The van der Waals surface area contributed by atoms with Crippen LogP contribution >= 0.6 is 0 Å². The highest BCUT2D eigenvalue weighted by atomic mass is 16.5. The molecule has 2 N–H and O–H groups in total. The summed E-state index contributed by atoms with van der Waals surface area (Å²) in [4.78, 5) is 21.3. The minimum Gasteiger partial charge on any atom is -0.497 e. The van der Waals surface area contributed by atoms with Gasteiger partial charge in [-0.25, -0.2) is 9.97 Å². The van der Waals surface area contributed by atoms with Crippen molar-refractivity contribution in [3.63, 3.8) is 0 Å². The molecule has 0 spiro atoms. The molecule has 0 aliphatic rings. The summed E-state index contributed by atoms with van der Waals surface area (Å²) in [5, 5.41) is 6.19. The van der Waals surface area contributed by atoms with E-state index >= 15 is 0 Å². The molecule has 150 valence electrons. The summed E-state index contributed by atoms with van der Waals surface area (Å²) in [5.41, 5.74) is 4.70. The Morgan fingerprint density at radius 1 is 1.00 bits per heavy atom. The topological polar surface area (TPSA) is 76.1 Å². The maximum atomic E-state index is 12.6. The number of aromatic nitrogens is 2. The van der Waals surface area contributed by atoms with Crippen LogP contribution in [0, 0.1) is 20.8 Å². The van der Waals surface area contributed by atoms with Gasteiger partial charge in [-0.1, -0.05) is 18.2 Å². The summed E-state index contributed by atoms with van der Waals surface area (Å²) in [6.07, 6.45) is 0.709. The second-order valence-electron chi connectivity index (χ2n) is 7.04. The van der Waals surface area contributed by atoms with Gasteiger partial charge in [0, 0.05) is 18.3 Å². The predicted octanol–water partition coefficient (Wildman–Crippen LogP) is 4.13. The van der Waals surface area contributed by atoms with E-state index in [1.807, 2.05) is 50.2 Å². The van der Waals surface area contributed by atoms with Crippen LogP contribution in [-0.4, -0.2) is 29.5 Å². The van der Waals surface area contributed by atoms with Gasteiger partial charge in [0.05, 0.1) is 7.11 Å². The van der Waals surface area contributed by atoms with E-state index < -0.39 is 0 Å². The first-order valence-electron chi connectivity index (χ1n) is 9.55. The molecule has 0 fully saturated rings. The Balaban J connectivity index is 1.65. The Hall–Kier alpha value is -3.41. The van der Waals surface area contributed by atoms with Crippen LogP contribution in [0.15, 0.2) is 48.5 Å². The Bertz CT molecular complexity index is 997. The highest BCUT2D eigenvalue weighted by molar-refractivity contribution is 5.93. The Labute approximate surface area is 171 Å². The first-order chi connectivity index (χ1) is 13.9. The van der Waals surface area contributed by atoms with Gasteiger partial charge >= 0.3 is 0 Å². The molecule has 0 aliphatic heterocycles. The number of methoxy groups -OCH3 is 1. The monoisotopic (exact) mass is 390 g/mol. The van der Waals surface area contributed by atoms with Crippen LogP contribution in [0.4, 0.5) is 11.5 Å². The van der Waals surface area contributed by atoms with Gasteiger partial charge in [-0.15, -0.1) is 0 Å². The van der Waals surface area contributed by atoms with E-state index in [0.717, 1.165) is 28.1 Å². The molecule has 1 amide bonds. The average Bonchev–Trinajstić information content (AvgIpc) is 2.66. The first kappa shape index (κ1) is 20.3. The lowest BCUT2D eigenvalue weighted by molar-refractivity contribution is 0.0949. The molecule has 0 saturated carbocycles. The molecule has 2 aromatic carbocycles. The van der Waals surface area contributed by atoms with Gasteiger partial charge in [0.2, 0.25) is 0 Å². The number of ether oxygens (including phenoxy) is 1. The van der Waals surface area contributed by atoms with Crippen molar-refractivity contribution >= 4 is 17.4 Å². The second kappa shape index (κ2) is 9.19. The van der Waals surface area contributed by atoms with Crippen molar-refractivity contribution in [3.05, 3.63) is 76.7 Å². The number of hydrogen-bond donors (Lipinski definition) is 2. The number of carbonyl (C=O) groups excluding carboxylic acids is 1. The molecule has 29 heavy (non-hydrogen) atoms. The van der Waals surface area contributed by atoms with Crippen molar-refractivity contribution < 1.29 is 9.53 Å². The lowest BCUT2D eigenvalue weighted by Gasteiger charge is -2.11. The zero-order valence-electron chi connectivity index (χ0n) is 17.2. The molecule has 0 radical (unpaired) electrons. The van der Waals surface area contributed by atoms with Crippen LogP contribution in [0.3, 0.4) is 0 Å². The quantitative estimate of drug-likeness (QED) is 0.634. The Morgan fingerprint density at radius 2 is 1.76 bits per heavy atom. The van der Waals surface area contributed by atoms with E-state index in [1.54, 1.807) is 20.1 Å². The van der Waals surface area contributed by atoms with E-state index in [1.165, 1.54) is 0 Å². The van der Waals surface area contributed by atoms with E-state index in [4.69, 9.17) is 4.74 Å². The molecule has 0 unspecified atom stereocenters. The molecule has 3 aromatic rings. The fourth-order valence-electron chi connectivity index (χ4n) is 3.18. The number of aryl methyl sites for hydroxylation is 3. The molecule has 6 heteroatoms. The lowest BCUT2D eigenvalue weighted by Crippen LogP contribution is -2.27. The molecule has 0 atom stereocenters. The van der Waals surface area contributed by atoms with E-state index in [9.17, 15) is 4.79 Å². The number of nitrogens with zero attached hydrogens (tertiary/aromatic N) is 2.